The molecular formula is C19H15IN2O5. The fourth-order valence-electron chi connectivity index (χ4n) is 2.43. The molecule has 2 aromatic carbocycles. The number of rotatable bonds is 5. The number of amides is 2. The molecule has 2 N–H and O–H groups in total. The van der Waals surface area contributed by atoms with Gasteiger partial charge in [-0.25, -0.2) is 9.80 Å². The van der Waals surface area contributed by atoms with Gasteiger partial charge in [-0.1, -0.05) is 24.3 Å². The lowest BCUT2D eigenvalue weighted by Crippen LogP contribution is -2.35. The zero-order valence-electron chi connectivity index (χ0n) is 14.2. The van der Waals surface area contributed by atoms with Gasteiger partial charge in [0.1, 0.15) is 11.3 Å². The summed E-state index contributed by atoms with van der Waals surface area (Å²) in [6.45, 7) is 1.44. The van der Waals surface area contributed by atoms with Gasteiger partial charge in [0.2, 0.25) is 0 Å². The van der Waals surface area contributed by atoms with E-state index in [0.717, 1.165) is 0 Å². The number of aliphatic carboxylic acids is 1. The number of para-hydroxylation sites is 1. The number of hydrogen-bond donors (Lipinski definition) is 2. The molecule has 0 aromatic heterocycles. The largest absolute Gasteiger partial charge is 0.479 e. The second-order valence-corrected chi connectivity index (χ2v) is 6.93. The number of halogens is 1. The van der Waals surface area contributed by atoms with E-state index in [-0.39, 0.29) is 5.57 Å². The van der Waals surface area contributed by atoms with Gasteiger partial charge in [-0.3, -0.25) is 15.0 Å². The van der Waals surface area contributed by atoms with Crippen LogP contribution >= 0.6 is 22.6 Å². The fraction of sp³-hybridized carbons (Fsp3) is 0.105. The SMILES string of the molecule is CC(Oc1ccc(C=C2C(=O)NN(c3ccccc3)C2=O)cc1I)C(=O)O. The maximum atomic E-state index is 12.6. The molecule has 2 aromatic rings. The number of benzene rings is 2. The van der Waals surface area contributed by atoms with Gasteiger partial charge in [0.25, 0.3) is 11.8 Å². The van der Waals surface area contributed by atoms with Crippen molar-refractivity contribution in [1.82, 2.24) is 5.43 Å². The molecule has 0 saturated carbocycles. The Morgan fingerprint density at radius 1 is 1.22 bits per heavy atom. The summed E-state index contributed by atoms with van der Waals surface area (Å²) in [5, 5.41) is 10.1. The Hall–Kier alpha value is -2.88. The van der Waals surface area contributed by atoms with Crippen LogP contribution in [-0.2, 0) is 14.4 Å². The van der Waals surface area contributed by atoms with Crippen molar-refractivity contribution in [2.24, 2.45) is 0 Å². The normalized spacial score (nSPS) is 16.4. The Bertz CT molecular complexity index is 942. The van der Waals surface area contributed by atoms with Gasteiger partial charge >= 0.3 is 5.97 Å². The maximum Gasteiger partial charge on any atom is 0.344 e. The molecule has 1 heterocycles. The molecule has 2 amide bonds. The highest BCUT2D eigenvalue weighted by molar-refractivity contribution is 14.1. The molecule has 8 heteroatoms. The van der Waals surface area contributed by atoms with Crippen LogP contribution in [0.5, 0.6) is 5.75 Å². The number of hydrogen-bond acceptors (Lipinski definition) is 4. The molecule has 27 heavy (non-hydrogen) atoms. The van der Waals surface area contributed by atoms with Crippen LogP contribution in [0, 0.1) is 3.57 Å². The number of nitrogens with one attached hydrogen (secondary N) is 1. The topological polar surface area (TPSA) is 95.9 Å². The minimum Gasteiger partial charge on any atom is -0.479 e. The molecule has 1 saturated heterocycles. The highest BCUT2D eigenvalue weighted by Gasteiger charge is 2.34. The molecule has 7 nitrogen and oxygen atoms in total. The number of carbonyl (C=O) groups excluding carboxylic acids is 2. The van der Waals surface area contributed by atoms with Gasteiger partial charge in [-0.15, -0.1) is 0 Å². The van der Waals surface area contributed by atoms with E-state index in [1.807, 2.05) is 28.7 Å². The van der Waals surface area contributed by atoms with E-state index >= 15 is 0 Å². The van der Waals surface area contributed by atoms with E-state index < -0.39 is 23.9 Å². The van der Waals surface area contributed by atoms with Crippen LogP contribution in [0.1, 0.15) is 12.5 Å². The molecule has 0 radical (unpaired) electrons. The van der Waals surface area contributed by atoms with E-state index in [1.54, 1.807) is 42.5 Å². The smallest absolute Gasteiger partial charge is 0.344 e. The van der Waals surface area contributed by atoms with Crippen molar-refractivity contribution in [2.45, 2.75) is 13.0 Å². The summed E-state index contributed by atoms with van der Waals surface area (Å²) in [5.41, 5.74) is 3.75. The molecule has 0 spiro atoms. The summed E-state index contributed by atoms with van der Waals surface area (Å²) in [6.07, 6.45) is 0.511. The molecule has 1 aliphatic heterocycles. The lowest BCUT2D eigenvalue weighted by atomic mass is 10.1. The first kappa shape index (κ1) is 18.9. The van der Waals surface area contributed by atoms with Crippen LogP contribution in [0.2, 0.25) is 0 Å². The molecule has 3 rings (SSSR count). The maximum absolute atomic E-state index is 12.6. The Morgan fingerprint density at radius 3 is 2.56 bits per heavy atom. The minimum absolute atomic E-state index is 0.0159. The number of anilines is 1. The van der Waals surface area contributed by atoms with Crippen molar-refractivity contribution < 1.29 is 24.2 Å². The van der Waals surface area contributed by atoms with Crippen molar-refractivity contribution >= 4 is 52.1 Å². The van der Waals surface area contributed by atoms with Gasteiger partial charge in [-0.2, -0.15) is 0 Å². The van der Waals surface area contributed by atoms with Gasteiger partial charge in [0.15, 0.2) is 6.10 Å². The standard InChI is InChI=1S/C19H15IN2O5/c1-11(19(25)26)27-16-8-7-12(10-15(16)20)9-14-17(23)21-22(18(14)24)13-5-3-2-4-6-13/h2-11H,1H3,(H,21,23)(H,25,26). The lowest BCUT2D eigenvalue weighted by Gasteiger charge is -2.14. The molecule has 0 bridgehead atoms. The average molecular weight is 478 g/mol. The molecule has 1 fully saturated rings. The summed E-state index contributed by atoms with van der Waals surface area (Å²) in [7, 11) is 0. The predicted molar refractivity (Wildman–Crippen MR) is 107 cm³/mol. The number of hydrazine groups is 1. The summed E-state index contributed by atoms with van der Waals surface area (Å²) >= 11 is 2.01. The van der Waals surface area contributed by atoms with Crippen LogP contribution in [-0.4, -0.2) is 29.0 Å². The minimum atomic E-state index is -1.06. The Labute approximate surface area is 168 Å². The van der Waals surface area contributed by atoms with E-state index in [9.17, 15) is 14.4 Å². The molecule has 1 atom stereocenters. The first-order valence-electron chi connectivity index (χ1n) is 7.98. The Kier molecular flexibility index (Phi) is 5.45. The first-order chi connectivity index (χ1) is 12.9. The van der Waals surface area contributed by atoms with Crippen molar-refractivity contribution in [3.63, 3.8) is 0 Å². The third-order valence-electron chi connectivity index (χ3n) is 3.82. The lowest BCUT2D eigenvalue weighted by molar-refractivity contribution is -0.144. The van der Waals surface area contributed by atoms with Crippen molar-refractivity contribution in [3.8, 4) is 5.75 Å². The van der Waals surface area contributed by atoms with Crippen LogP contribution in [0.4, 0.5) is 5.69 Å². The summed E-state index contributed by atoms with van der Waals surface area (Å²) < 4.78 is 6.03. The molecular weight excluding hydrogens is 463 g/mol. The van der Waals surface area contributed by atoms with Gasteiger partial charge < -0.3 is 9.84 Å². The monoisotopic (exact) mass is 478 g/mol. The van der Waals surface area contributed by atoms with Crippen molar-refractivity contribution in [1.29, 1.82) is 0 Å². The van der Waals surface area contributed by atoms with E-state index in [1.165, 1.54) is 18.0 Å². The zero-order chi connectivity index (χ0) is 19.6. The van der Waals surface area contributed by atoms with Crippen molar-refractivity contribution in [2.75, 3.05) is 5.01 Å². The first-order valence-corrected chi connectivity index (χ1v) is 9.06. The highest BCUT2D eigenvalue weighted by atomic mass is 127. The van der Waals surface area contributed by atoms with Crippen LogP contribution in [0.15, 0.2) is 54.1 Å². The number of carboxylic acids is 1. The van der Waals surface area contributed by atoms with Crippen molar-refractivity contribution in [3.05, 3.63) is 63.2 Å². The Balaban J connectivity index is 1.84. The number of ether oxygens (including phenoxy) is 1. The van der Waals surface area contributed by atoms with E-state index in [0.29, 0.717) is 20.6 Å². The predicted octanol–water partition coefficient (Wildman–Crippen LogP) is 2.60. The second-order valence-electron chi connectivity index (χ2n) is 5.76. The van der Waals surface area contributed by atoms with Crippen LogP contribution in [0.3, 0.4) is 0 Å². The number of carbonyl (C=O) groups is 3. The summed E-state index contributed by atoms with van der Waals surface area (Å²) in [5.74, 6) is -1.58. The molecule has 1 unspecified atom stereocenters. The summed E-state index contributed by atoms with van der Waals surface area (Å²) in [6, 6.07) is 13.8. The number of carboxylic acid groups (broad SMARTS) is 1. The van der Waals surface area contributed by atoms with Crippen LogP contribution in [0.25, 0.3) is 6.08 Å². The third-order valence-corrected chi connectivity index (χ3v) is 4.67. The van der Waals surface area contributed by atoms with Gasteiger partial charge in [0.05, 0.1) is 9.26 Å². The highest BCUT2D eigenvalue weighted by Crippen LogP contribution is 2.26. The quantitative estimate of drug-likeness (QED) is 0.392. The van der Waals surface area contributed by atoms with E-state index in [2.05, 4.69) is 5.43 Å². The zero-order valence-corrected chi connectivity index (χ0v) is 16.3. The molecule has 1 aliphatic rings. The number of nitrogens with zero attached hydrogens (tertiary/aromatic N) is 1. The third kappa shape index (κ3) is 4.11. The summed E-state index contributed by atoms with van der Waals surface area (Å²) in [4.78, 5) is 35.7. The second kappa shape index (κ2) is 7.78. The van der Waals surface area contributed by atoms with E-state index in [4.69, 9.17) is 9.84 Å². The fourth-order valence-corrected chi connectivity index (χ4v) is 3.09. The Morgan fingerprint density at radius 2 is 1.93 bits per heavy atom. The van der Waals surface area contributed by atoms with Crippen LogP contribution < -0.4 is 15.2 Å². The molecule has 0 aliphatic carbocycles. The molecule has 138 valence electrons. The van der Waals surface area contributed by atoms with Gasteiger partial charge in [0, 0.05) is 0 Å². The average Bonchev–Trinajstić information content (AvgIpc) is 2.92. The van der Waals surface area contributed by atoms with Gasteiger partial charge in [-0.05, 0) is 65.4 Å².